The molecule has 2 saturated heterocycles. The maximum Gasteiger partial charge on any atom is 0.255 e. The van der Waals surface area contributed by atoms with Gasteiger partial charge in [0.15, 0.2) is 5.82 Å². The molecule has 2 aliphatic rings. The van der Waals surface area contributed by atoms with Gasteiger partial charge in [0.25, 0.3) is 5.89 Å². The number of ether oxygens (including phenoxy) is 1. The van der Waals surface area contributed by atoms with Gasteiger partial charge < -0.3 is 18.7 Å². The van der Waals surface area contributed by atoms with Gasteiger partial charge in [-0.25, -0.2) is 15.0 Å². The molecule has 0 aromatic carbocycles. The fourth-order valence-electron chi connectivity index (χ4n) is 3.60. The Morgan fingerprint density at radius 1 is 1.07 bits per heavy atom. The Kier molecular flexibility index (Phi) is 4.29. The molecule has 2 aliphatic heterocycles. The fraction of sp³-hybridized carbons (Fsp3) is 0.500. The summed E-state index contributed by atoms with van der Waals surface area (Å²) in [5.74, 6) is 2.73. The van der Waals surface area contributed by atoms with E-state index in [0.717, 1.165) is 49.9 Å². The van der Waals surface area contributed by atoms with Gasteiger partial charge in [-0.15, -0.1) is 0 Å². The minimum absolute atomic E-state index is 0.0694. The largest absolute Gasteiger partial charge is 0.368 e. The Hall–Kier alpha value is -2.81. The summed E-state index contributed by atoms with van der Waals surface area (Å²) < 4.78 is 12.9. The van der Waals surface area contributed by atoms with Crippen LogP contribution >= 0.6 is 0 Å². The molecule has 9 heteroatoms. The van der Waals surface area contributed by atoms with Crippen LogP contribution in [0.3, 0.4) is 0 Å². The number of hydrogen-bond acceptors (Lipinski definition) is 8. The van der Waals surface area contributed by atoms with Gasteiger partial charge in [0.05, 0.1) is 12.1 Å². The summed E-state index contributed by atoms with van der Waals surface area (Å²) in [6, 6.07) is 0. The summed E-state index contributed by atoms with van der Waals surface area (Å²) in [5, 5.41) is 4.08. The third kappa shape index (κ3) is 3.30. The third-order valence-corrected chi connectivity index (χ3v) is 5.00. The molecule has 27 heavy (non-hydrogen) atoms. The van der Waals surface area contributed by atoms with E-state index in [1.54, 1.807) is 6.20 Å². The number of rotatable bonds is 5. The number of imidazole rings is 1. The van der Waals surface area contributed by atoms with Crippen molar-refractivity contribution in [2.75, 3.05) is 24.6 Å². The number of hydrogen-bond donors (Lipinski definition) is 0. The molecule has 5 heterocycles. The second-order valence-electron chi connectivity index (χ2n) is 6.90. The predicted octanol–water partition coefficient (Wildman–Crippen LogP) is 2.22. The quantitative estimate of drug-likeness (QED) is 0.677. The van der Waals surface area contributed by atoms with Gasteiger partial charge in [0, 0.05) is 44.5 Å². The molecule has 140 valence electrons. The highest BCUT2D eigenvalue weighted by Gasteiger charge is 2.24. The zero-order valence-corrected chi connectivity index (χ0v) is 15.0. The maximum absolute atomic E-state index is 5.60. The minimum Gasteiger partial charge on any atom is -0.368 e. The lowest BCUT2D eigenvalue weighted by molar-refractivity contribution is 0.0835. The van der Waals surface area contributed by atoms with E-state index in [-0.39, 0.29) is 6.10 Å². The summed E-state index contributed by atoms with van der Waals surface area (Å²) in [4.78, 5) is 20.2. The fourth-order valence-corrected chi connectivity index (χ4v) is 3.60. The van der Waals surface area contributed by atoms with Crippen molar-refractivity contribution in [3.8, 4) is 11.4 Å². The standard InChI is InChI=1S/C18H21N7O2/c1-2-7-24(6-1)18-20-10-13(11-21-18)16-19-5-8-25(16)12-15-22-17(27-23-15)14-4-3-9-26-14/h5,8,10-11,14H,1-4,6-7,9,12H2/t14-/m1/s1. The van der Waals surface area contributed by atoms with Gasteiger partial charge in [-0.05, 0) is 25.7 Å². The van der Waals surface area contributed by atoms with E-state index in [0.29, 0.717) is 18.3 Å². The van der Waals surface area contributed by atoms with E-state index in [9.17, 15) is 0 Å². The van der Waals surface area contributed by atoms with Crippen LogP contribution in [0.25, 0.3) is 11.4 Å². The van der Waals surface area contributed by atoms with Crippen LogP contribution in [-0.4, -0.2) is 49.4 Å². The zero-order valence-electron chi connectivity index (χ0n) is 15.0. The Morgan fingerprint density at radius 3 is 2.70 bits per heavy atom. The van der Waals surface area contributed by atoms with Crippen LogP contribution in [0.15, 0.2) is 29.3 Å². The molecule has 0 spiro atoms. The van der Waals surface area contributed by atoms with E-state index in [2.05, 4.69) is 30.0 Å². The summed E-state index contributed by atoms with van der Waals surface area (Å²) in [5.41, 5.74) is 0.866. The first kappa shape index (κ1) is 16.4. The van der Waals surface area contributed by atoms with Crippen LogP contribution in [0.5, 0.6) is 0 Å². The van der Waals surface area contributed by atoms with E-state index < -0.39 is 0 Å². The van der Waals surface area contributed by atoms with Gasteiger partial charge in [-0.1, -0.05) is 5.16 Å². The molecule has 0 aliphatic carbocycles. The van der Waals surface area contributed by atoms with Crippen molar-refractivity contribution < 1.29 is 9.26 Å². The SMILES string of the molecule is c1cn(Cc2noc([C@H]3CCCO3)n2)c(-c2cnc(N3CCCC3)nc2)n1. The van der Waals surface area contributed by atoms with Crippen molar-refractivity contribution in [1.29, 1.82) is 0 Å². The van der Waals surface area contributed by atoms with Crippen LogP contribution in [0.4, 0.5) is 5.95 Å². The van der Waals surface area contributed by atoms with E-state index in [4.69, 9.17) is 9.26 Å². The molecule has 0 amide bonds. The molecule has 2 fully saturated rings. The predicted molar refractivity (Wildman–Crippen MR) is 96.0 cm³/mol. The lowest BCUT2D eigenvalue weighted by Gasteiger charge is -2.14. The average Bonchev–Trinajstić information content (AvgIpc) is 3.49. The van der Waals surface area contributed by atoms with E-state index >= 15 is 0 Å². The first-order chi connectivity index (χ1) is 13.4. The monoisotopic (exact) mass is 367 g/mol. The molecule has 1 atom stereocenters. The Morgan fingerprint density at radius 2 is 1.93 bits per heavy atom. The first-order valence-electron chi connectivity index (χ1n) is 9.39. The molecule has 0 N–H and O–H groups in total. The van der Waals surface area contributed by atoms with Crippen LogP contribution in [-0.2, 0) is 11.3 Å². The highest BCUT2D eigenvalue weighted by atomic mass is 16.5. The second-order valence-corrected chi connectivity index (χ2v) is 6.90. The third-order valence-electron chi connectivity index (χ3n) is 5.00. The van der Waals surface area contributed by atoms with Gasteiger partial charge in [0.1, 0.15) is 11.9 Å². The van der Waals surface area contributed by atoms with E-state index in [1.165, 1.54) is 12.8 Å². The Labute approximate surface area is 156 Å². The maximum atomic E-state index is 5.60. The normalized spacial score (nSPS) is 19.9. The first-order valence-corrected chi connectivity index (χ1v) is 9.39. The molecule has 3 aromatic rings. The molecule has 0 bridgehead atoms. The van der Waals surface area contributed by atoms with Crippen molar-refractivity contribution >= 4 is 5.95 Å². The van der Waals surface area contributed by atoms with Crippen molar-refractivity contribution in [2.24, 2.45) is 0 Å². The summed E-state index contributed by atoms with van der Waals surface area (Å²) in [6.45, 7) is 3.28. The van der Waals surface area contributed by atoms with Crippen molar-refractivity contribution in [2.45, 2.75) is 38.3 Å². The van der Waals surface area contributed by atoms with E-state index in [1.807, 2.05) is 23.2 Å². The molecular weight excluding hydrogens is 346 g/mol. The van der Waals surface area contributed by atoms with Crippen LogP contribution < -0.4 is 4.90 Å². The lowest BCUT2D eigenvalue weighted by atomic mass is 10.2. The van der Waals surface area contributed by atoms with Gasteiger partial charge in [0.2, 0.25) is 5.95 Å². The highest BCUT2D eigenvalue weighted by Crippen LogP contribution is 2.27. The number of anilines is 1. The van der Waals surface area contributed by atoms with Crippen molar-refractivity contribution in [3.63, 3.8) is 0 Å². The molecule has 5 rings (SSSR count). The molecule has 0 radical (unpaired) electrons. The number of nitrogens with zero attached hydrogens (tertiary/aromatic N) is 7. The average molecular weight is 367 g/mol. The topological polar surface area (TPSA) is 95.0 Å². The van der Waals surface area contributed by atoms with Crippen LogP contribution in [0, 0.1) is 0 Å². The Balaban J connectivity index is 1.33. The molecular formula is C18H21N7O2. The van der Waals surface area contributed by atoms with Crippen LogP contribution in [0.2, 0.25) is 0 Å². The summed E-state index contributed by atoms with van der Waals surface area (Å²) in [7, 11) is 0. The van der Waals surface area contributed by atoms with Gasteiger partial charge in [-0.3, -0.25) is 0 Å². The summed E-state index contributed by atoms with van der Waals surface area (Å²) >= 11 is 0. The van der Waals surface area contributed by atoms with Crippen molar-refractivity contribution in [3.05, 3.63) is 36.5 Å². The number of aromatic nitrogens is 6. The molecule has 3 aromatic heterocycles. The van der Waals surface area contributed by atoms with Crippen LogP contribution in [0.1, 0.15) is 43.5 Å². The minimum atomic E-state index is -0.0694. The molecule has 0 saturated carbocycles. The van der Waals surface area contributed by atoms with Gasteiger partial charge >= 0.3 is 0 Å². The summed E-state index contributed by atoms with van der Waals surface area (Å²) in [6.07, 6.45) is 11.6. The van der Waals surface area contributed by atoms with Gasteiger partial charge in [-0.2, -0.15) is 4.98 Å². The lowest BCUT2D eigenvalue weighted by Crippen LogP contribution is -2.20. The Bertz CT molecular complexity index is 893. The zero-order chi connectivity index (χ0) is 18.1. The highest BCUT2D eigenvalue weighted by molar-refractivity contribution is 5.54. The van der Waals surface area contributed by atoms with Crippen molar-refractivity contribution in [1.82, 2.24) is 29.7 Å². The molecule has 9 nitrogen and oxygen atoms in total. The smallest absolute Gasteiger partial charge is 0.255 e. The second kappa shape index (κ2) is 7.07. The molecule has 0 unspecified atom stereocenters.